The minimum atomic E-state index is -6.43. The van der Waals surface area contributed by atoms with Gasteiger partial charge in [-0.25, -0.2) is 0 Å². The highest BCUT2D eigenvalue weighted by atomic mass is 35.5. The number of nitrogens with one attached hydrogen (secondary N) is 1. The van der Waals surface area contributed by atoms with Crippen molar-refractivity contribution in [3.63, 3.8) is 0 Å². The number of nitrogens with zero attached hydrogens (tertiary/aromatic N) is 3. The molecule has 1 aromatic heterocycles. The topological polar surface area (TPSA) is 50.7 Å². The molecule has 0 atom stereocenters. The van der Waals surface area contributed by atoms with Gasteiger partial charge in [0.2, 0.25) is 16.5 Å². The van der Waals surface area contributed by atoms with Crippen molar-refractivity contribution in [3.8, 4) is 0 Å². The Hall–Kier alpha value is -1.53. The maximum Gasteiger partial charge on any atom is 0.460 e. The van der Waals surface area contributed by atoms with E-state index in [0.717, 1.165) is 12.1 Å². The van der Waals surface area contributed by atoms with Crippen LogP contribution >= 0.6 is 35.0 Å². The largest absolute Gasteiger partial charge is 0.460 e. The SMILES string of the molecule is FC(F)(F)C(F)(F)C(F)(F)Sc1ccccc1Nc1nc(Cl)nc(Cl)n1. The van der Waals surface area contributed by atoms with Gasteiger partial charge in [-0.3, -0.25) is 0 Å². The van der Waals surface area contributed by atoms with Crippen LogP contribution in [0.3, 0.4) is 0 Å². The number of thioether (sulfide) groups is 1. The third-order valence-corrected chi connectivity index (χ3v) is 4.10. The van der Waals surface area contributed by atoms with Gasteiger partial charge in [-0.1, -0.05) is 12.1 Å². The lowest BCUT2D eigenvalue weighted by Gasteiger charge is -2.28. The first kappa shape index (κ1) is 20.8. The Balaban J connectivity index is 2.34. The normalized spacial score (nSPS) is 13.0. The minimum Gasteiger partial charge on any atom is -0.323 e. The number of para-hydroxylation sites is 1. The summed E-state index contributed by atoms with van der Waals surface area (Å²) in [6.07, 6.45) is -6.43. The van der Waals surface area contributed by atoms with Crippen LogP contribution in [0.4, 0.5) is 42.4 Å². The second kappa shape index (κ2) is 7.24. The van der Waals surface area contributed by atoms with Crippen molar-refractivity contribution in [2.45, 2.75) is 22.2 Å². The summed E-state index contributed by atoms with van der Waals surface area (Å²) in [5, 5.41) is -3.83. The molecule has 0 fully saturated rings. The van der Waals surface area contributed by atoms with Crippen LogP contribution < -0.4 is 5.32 Å². The Morgan fingerprint density at radius 3 is 1.92 bits per heavy atom. The van der Waals surface area contributed by atoms with Crippen LogP contribution in [0.5, 0.6) is 0 Å². The molecule has 26 heavy (non-hydrogen) atoms. The van der Waals surface area contributed by atoms with Gasteiger partial charge in [-0.15, -0.1) is 0 Å². The zero-order valence-corrected chi connectivity index (χ0v) is 14.3. The monoisotopic (exact) mass is 440 g/mol. The highest BCUT2D eigenvalue weighted by Crippen LogP contribution is 2.54. The Morgan fingerprint density at radius 1 is 0.846 bits per heavy atom. The number of hydrogen-bond acceptors (Lipinski definition) is 5. The summed E-state index contributed by atoms with van der Waals surface area (Å²) in [5.41, 5.74) is -0.270. The molecule has 0 saturated carbocycles. The van der Waals surface area contributed by atoms with Crippen molar-refractivity contribution in [1.29, 1.82) is 0 Å². The van der Waals surface area contributed by atoms with E-state index in [0.29, 0.717) is 0 Å². The first-order valence-electron chi connectivity index (χ1n) is 6.28. The fourth-order valence-electron chi connectivity index (χ4n) is 1.53. The number of hydrogen-bond donors (Lipinski definition) is 1. The Bertz CT molecular complexity index is 783. The van der Waals surface area contributed by atoms with E-state index < -0.39 is 34.0 Å². The highest BCUT2D eigenvalue weighted by molar-refractivity contribution is 8.00. The first-order chi connectivity index (χ1) is 11.8. The summed E-state index contributed by atoms with van der Waals surface area (Å²) in [7, 11) is 0. The van der Waals surface area contributed by atoms with E-state index in [1.165, 1.54) is 12.1 Å². The quantitative estimate of drug-likeness (QED) is 0.469. The van der Waals surface area contributed by atoms with Crippen molar-refractivity contribution in [2.24, 2.45) is 0 Å². The molecule has 0 aliphatic rings. The Labute approximate surface area is 155 Å². The molecule has 0 saturated heterocycles. The molecule has 0 unspecified atom stereocenters. The fraction of sp³-hybridized carbons (Fsp3) is 0.250. The standard InChI is InChI=1S/C12H5Cl2F7N4S/c13-7-23-8(14)25-9(24-7)22-5-3-1-2-4-6(5)26-12(20,21)10(15,16)11(17,18)19/h1-4H,(H,22,23,24,25). The molecular formula is C12H5Cl2F7N4S. The molecule has 0 bridgehead atoms. The second-order valence-corrected chi connectivity index (χ2v) is 6.34. The molecule has 1 heterocycles. The maximum absolute atomic E-state index is 13.6. The molecular weight excluding hydrogens is 436 g/mol. The predicted octanol–water partition coefficient (Wildman–Crippen LogP) is 5.80. The van der Waals surface area contributed by atoms with Crippen LogP contribution in [0.15, 0.2) is 29.2 Å². The van der Waals surface area contributed by atoms with Crippen LogP contribution in [-0.4, -0.2) is 32.3 Å². The van der Waals surface area contributed by atoms with E-state index in [4.69, 9.17) is 23.2 Å². The summed E-state index contributed by atoms with van der Waals surface area (Å²) in [4.78, 5) is 9.98. The molecule has 0 radical (unpaired) electrons. The van der Waals surface area contributed by atoms with E-state index >= 15 is 0 Å². The van der Waals surface area contributed by atoms with Gasteiger partial charge in [0.15, 0.2) is 0 Å². The average molecular weight is 441 g/mol. The lowest BCUT2D eigenvalue weighted by molar-refractivity contribution is -0.330. The molecule has 0 spiro atoms. The number of halogens is 9. The third-order valence-electron chi connectivity index (χ3n) is 2.67. The highest BCUT2D eigenvalue weighted by Gasteiger charge is 2.73. The van der Waals surface area contributed by atoms with Gasteiger partial charge in [0.05, 0.1) is 5.69 Å². The van der Waals surface area contributed by atoms with Crippen LogP contribution in [0, 0.1) is 0 Å². The van der Waals surface area contributed by atoms with Crippen LogP contribution in [0.25, 0.3) is 0 Å². The van der Waals surface area contributed by atoms with Crippen LogP contribution in [0.2, 0.25) is 10.6 Å². The molecule has 0 amide bonds. The summed E-state index contributed by atoms with van der Waals surface area (Å²) < 4.78 is 90.1. The summed E-state index contributed by atoms with van der Waals surface area (Å²) in [6, 6.07) is 4.53. The van der Waals surface area contributed by atoms with Crippen LogP contribution in [0.1, 0.15) is 0 Å². The molecule has 1 N–H and O–H groups in total. The van der Waals surface area contributed by atoms with E-state index in [9.17, 15) is 30.7 Å². The van der Waals surface area contributed by atoms with Gasteiger partial charge >= 0.3 is 17.4 Å². The van der Waals surface area contributed by atoms with Crippen molar-refractivity contribution in [2.75, 3.05) is 5.32 Å². The minimum absolute atomic E-state index is 0.270. The first-order valence-corrected chi connectivity index (χ1v) is 7.85. The van der Waals surface area contributed by atoms with Crippen molar-refractivity contribution in [3.05, 3.63) is 34.8 Å². The van der Waals surface area contributed by atoms with Gasteiger partial charge in [-0.05, 0) is 47.1 Å². The Morgan fingerprint density at radius 2 is 1.38 bits per heavy atom. The molecule has 142 valence electrons. The Kier molecular flexibility index (Phi) is 5.78. The maximum atomic E-state index is 13.6. The lowest BCUT2D eigenvalue weighted by Crippen LogP contribution is -2.49. The van der Waals surface area contributed by atoms with E-state index in [-0.39, 0.29) is 22.2 Å². The van der Waals surface area contributed by atoms with Crippen LogP contribution in [-0.2, 0) is 0 Å². The van der Waals surface area contributed by atoms with Gasteiger partial charge < -0.3 is 5.32 Å². The number of benzene rings is 1. The molecule has 14 heteroatoms. The zero-order valence-electron chi connectivity index (χ0n) is 12.0. The molecule has 2 rings (SSSR count). The van der Waals surface area contributed by atoms with E-state index in [2.05, 4.69) is 20.3 Å². The molecule has 4 nitrogen and oxygen atoms in total. The van der Waals surface area contributed by atoms with Gasteiger partial charge in [0.1, 0.15) is 0 Å². The van der Waals surface area contributed by atoms with E-state index in [1.807, 2.05) is 0 Å². The number of anilines is 2. The predicted molar refractivity (Wildman–Crippen MR) is 81.4 cm³/mol. The van der Waals surface area contributed by atoms with Gasteiger partial charge in [-0.2, -0.15) is 45.7 Å². The smallest absolute Gasteiger partial charge is 0.323 e. The molecule has 0 aliphatic carbocycles. The average Bonchev–Trinajstić information content (AvgIpc) is 2.46. The third kappa shape index (κ3) is 4.41. The lowest BCUT2D eigenvalue weighted by atomic mass is 10.3. The van der Waals surface area contributed by atoms with Gasteiger partial charge in [0.25, 0.3) is 0 Å². The zero-order chi connectivity index (χ0) is 19.8. The molecule has 2 aromatic rings. The number of aromatic nitrogens is 3. The second-order valence-electron chi connectivity index (χ2n) is 4.51. The van der Waals surface area contributed by atoms with Crippen molar-refractivity contribution in [1.82, 2.24) is 15.0 Å². The summed E-state index contributed by atoms with van der Waals surface area (Å²) >= 11 is 10.1. The number of alkyl halides is 7. The molecule has 0 aliphatic heterocycles. The number of rotatable bonds is 5. The van der Waals surface area contributed by atoms with E-state index in [1.54, 1.807) is 0 Å². The molecule has 1 aromatic carbocycles. The van der Waals surface area contributed by atoms with Crippen molar-refractivity contribution >= 4 is 46.6 Å². The van der Waals surface area contributed by atoms with Crippen molar-refractivity contribution < 1.29 is 30.7 Å². The fourth-order valence-corrected chi connectivity index (χ4v) is 2.79. The summed E-state index contributed by atoms with van der Waals surface area (Å²) in [5.74, 6) is -6.58. The van der Waals surface area contributed by atoms with Gasteiger partial charge in [0, 0.05) is 4.90 Å². The summed E-state index contributed by atoms with van der Waals surface area (Å²) in [6.45, 7) is 0.